The first-order valence-electron chi connectivity index (χ1n) is 6.62. The van der Waals surface area contributed by atoms with Crippen molar-refractivity contribution in [2.75, 3.05) is 20.3 Å². The highest BCUT2D eigenvalue weighted by Gasteiger charge is 2.46. The minimum atomic E-state index is -5.03. The summed E-state index contributed by atoms with van der Waals surface area (Å²) in [4.78, 5) is 11.3. The summed E-state index contributed by atoms with van der Waals surface area (Å²) in [6.07, 6.45) is -4.45. The number of carbonyl (C=O) groups is 1. The predicted octanol–water partition coefficient (Wildman–Crippen LogP) is 2.88. The second-order valence-corrected chi connectivity index (χ2v) is 5.73. The number of carbonyl (C=O) groups excluding carboxylic acids is 1. The highest BCUT2D eigenvalue weighted by molar-refractivity contribution is 9.10. The van der Waals surface area contributed by atoms with Crippen molar-refractivity contribution in [3.63, 3.8) is 0 Å². The number of aliphatic hydroxyl groups is 1. The van der Waals surface area contributed by atoms with Gasteiger partial charge < -0.3 is 15.2 Å². The molecule has 2 N–H and O–H groups in total. The summed E-state index contributed by atoms with van der Waals surface area (Å²) in [5.41, 5.74) is -1.53. The van der Waals surface area contributed by atoms with E-state index in [0.717, 1.165) is 13.2 Å². The molecule has 1 aliphatic heterocycles. The third-order valence-electron chi connectivity index (χ3n) is 3.29. The first-order chi connectivity index (χ1) is 10.7. The van der Waals surface area contributed by atoms with E-state index in [-0.39, 0.29) is 18.6 Å². The van der Waals surface area contributed by atoms with Gasteiger partial charge in [-0.2, -0.15) is 13.2 Å². The molecule has 1 unspecified atom stereocenters. The summed E-state index contributed by atoms with van der Waals surface area (Å²) in [6, 6.07) is 3.93. The van der Waals surface area contributed by atoms with Crippen molar-refractivity contribution in [1.29, 1.82) is 0 Å². The fourth-order valence-electron chi connectivity index (χ4n) is 2.33. The van der Waals surface area contributed by atoms with Gasteiger partial charge in [0, 0.05) is 23.8 Å². The fourth-order valence-corrected chi connectivity index (χ4v) is 2.69. The third kappa shape index (κ3) is 4.89. The summed E-state index contributed by atoms with van der Waals surface area (Å²) in [6.45, 7) is 0.154. The number of alkyl halides is 3. The largest absolute Gasteiger partial charge is 0.471 e. The van der Waals surface area contributed by atoms with Crippen LogP contribution in [-0.4, -0.2) is 37.5 Å². The van der Waals surface area contributed by atoms with E-state index < -0.39 is 23.4 Å². The third-order valence-corrected chi connectivity index (χ3v) is 3.79. The van der Waals surface area contributed by atoms with Crippen LogP contribution in [0.2, 0.25) is 0 Å². The number of nitrogens with one attached hydrogen (secondary N) is 1. The van der Waals surface area contributed by atoms with Crippen molar-refractivity contribution >= 4 is 21.8 Å². The average molecular weight is 402 g/mol. The van der Waals surface area contributed by atoms with Gasteiger partial charge in [0.05, 0.1) is 12.1 Å². The van der Waals surface area contributed by atoms with Gasteiger partial charge in [-0.15, -0.1) is 0 Å². The van der Waals surface area contributed by atoms with Crippen LogP contribution in [0.5, 0.6) is 0 Å². The lowest BCUT2D eigenvalue weighted by Gasteiger charge is -2.38. The molecule has 1 fully saturated rings. The summed E-state index contributed by atoms with van der Waals surface area (Å²) in [5, 5.41) is 8.91. The van der Waals surface area contributed by atoms with Gasteiger partial charge in [0.2, 0.25) is 0 Å². The van der Waals surface area contributed by atoms with E-state index in [4.69, 9.17) is 9.84 Å². The Hall–Kier alpha value is -1.19. The fraction of sp³-hybridized carbons (Fsp3) is 0.500. The van der Waals surface area contributed by atoms with Crippen molar-refractivity contribution in [3.8, 4) is 0 Å². The Labute approximate surface area is 138 Å². The zero-order valence-electron chi connectivity index (χ0n) is 12.2. The Morgan fingerprint density at radius 3 is 2.57 bits per heavy atom. The minimum Gasteiger partial charge on any atom is -0.400 e. The van der Waals surface area contributed by atoms with Gasteiger partial charge in [-0.05, 0) is 31.0 Å². The molecule has 4 nitrogen and oxygen atoms in total. The number of hydrogen-bond acceptors (Lipinski definition) is 3. The van der Waals surface area contributed by atoms with E-state index in [0.29, 0.717) is 17.5 Å². The van der Waals surface area contributed by atoms with Crippen molar-refractivity contribution in [2.24, 2.45) is 0 Å². The molecule has 1 aromatic carbocycles. The lowest BCUT2D eigenvalue weighted by Crippen LogP contribution is -2.55. The summed E-state index contributed by atoms with van der Waals surface area (Å²) >= 11 is 3.15. The summed E-state index contributed by atoms with van der Waals surface area (Å²) < 4.78 is 57.3. The van der Waals surface area contributed by atoms with Crippen LogP contribution < -0.4 is 5.32 Å². The molecule has 0 saturated carbocycles. The Bertz CT molecular complexity index is 545. The number of hydrogen-bond donors (Lipinski definition) is 2. The van der Waals surface area contributed by atoms with Crippen LogP contribution in [0.1, 0.15) is 18.4 Å². The van der Waals surface area contributed by atoms with E-state index in [9.17, 15) is 22.4 Å². The maximum Gasteiger partial charge on any atom is 0.471 e. The molecule has 1 aromatic rings. The van der Waals surface area contributed by atoms with E-state index in [2.05, 4.69) is 15.9 Å². The maximum atomic E-state index is 14.0. The standard InChI is InChI=1S/C13H12BrF4NO2.CH4O/c14-8-2-3-10(15)9(6-8)12(4-1-5-21-7-12)19-11(20)13(16,17)18;1-2/h2-3,6H,1,4-5,7H2,(H,19,20);2H,1H3. The second-order valence-electron chi connectivity index (χ2n) is 4.81. The molecule has 1 aliphatic rings. The zero-order valence-corrected chi connectivity index (χ0v) is 13.8. The van der Waals surface area contributed by atoms with E-state index >= 15 is 0 Å². The maximum absolute atomic E-state index is 14.0. The molecule has 2 rings (SSSR count). The molecule has 1 amide bonds. The first-order valence-corrected chi connectivity index (χ1v) is 7.41. The second kappa shape index (κ2) is 8.07. The van der Waals surface area contributed by atoms with Crippen LogP contribution in [0.3, 0.4) is 0 Å². The molecule has 9 heteroatoms. The number of rotatable bonds is 2. The quantitative estimate of drug-likeness (QED) is 0.749. The minimum absolute atomic E-state index is 0.0193. The zero-order chi connectivity index (χ0) is 17.7. The molecule has 1 heterocycles. The highest BCUT2D eigenvalue weighted by atomic mass is 79.9. The molecule has 0 aliphatic carbocycles. The number of amides is 1. The van der Waals surface area contributed by atoms with Crippen molar-refractivity contribution in [3.05, 3.63) is 34.1 Å². The van der Waals surface area contributed by atoms with Crippen molar-refractivity contribution in [2.45, 2.75) is 24.6 Å². The van der Waals surface area contributed by atoms with Crippen molar-refractivity contribution < 1.29 is 32.2 Å². The molecule has 23 heavy (non-hydrogen) atoms. The topological polar surface area (TPSA) is 58.6 Å². The van der Waals surface area contributed by atoms with E-state index in [1.165, 1.54) is 12.1 Å². The number of aliphatic hydroxyl groups excluding tert-OH is 1. The molecule has 1 saturated heterocycles. The normalized spacial score (nSPS) is 21.2. The smallest absolute Gasteiger partial charge is 0.400 e. The van der Waals surface area contributed by atoms with Gasteiger partial charge in [0.25, 0.3) is 0 Å². The summed E-state index contributed by atoms with van der Waals surface area (Å²) in [7, 11) is 1.00. The molecule has 0 bridgehead atoms. The Balaban J connectivity index is 0.00000127. The van der Waals surface area contributed by atoms with Crippen LogP contribution in [0, 0.1) is 5.82 Å². The van der Waals surface area contributed by atoms with Gasteiger partial charge >= 0.3 is 12.1 Å². The van der Waals surface area contributed by atoms with Crippen LogP contribution >= 0.6 is 15.9 Å². The SMILES string of the molecule is CO.O=C(NC1(c2cc(Br)ccc2F)CCCOC1)C(F)(F)F. The van der Waals surface area contributed by atoms with Crippen molar-refractivity contribution in [1.82, 2.24) is 5.32 Å². The highest BCUT2D eigenvalue weighted by Crippen LogP contribution is 2.35. The number of benzene rings is 1. The van der Waals surface area contributed by atoms with Gasteiger partial charge in [0.1, 0.15) is 5.82 Å². The average Bonchev–Trinajstić information content (AvgIpc) is 2.51. The van der Waals surface area contributed by atoms with E-state index in [1.807, 2.05) is 5.32 Å². The first kappa shape index (κ1) is 19.9. The predicted molar refractivity (Wildman–Crippen MR) is 78.2 cm³/mol. The van der Waals surface area contributed by atoms with Crippen LogP contribution in [0.4, 0.5) is 17.6 Å². The lowest BCUT2D eigenvalue weighted by atomic mass is 9.84. The van der Waals surface area contributed by atoms with Crippen LogP contribution in [0.15, 0.2) is 22.7 Å². The van der Waals surface area contributed by atoms with E-state index in [1.54, 1.807) is 0 Å². The summed E-state index contributed by atoms with van der Waals surface area (Å²) in [5.74, 6) is -2.79. The number of halogens is 5. The van der Waals surface area contributed by atoms with Gasteiger partial charge in [-0.1, -0.05) is 15.9 Å². The molecule has 1 atom stereocenters. The van der Waals surface area contributed by atoms with Gasteiger partial charge in [-0.3, -0.25) is 4.79 Å². The number of ether oxygens (including phenoxy) is 1. The molecule has 0 spiro atoms. The molecule has 0 radical (unpaired) electrons. The molecule has 130 valence electrons. The Morgan fingerprint density at radius 2 is 2.04 bits per heavy atom. The Kier molecular flexibility index (Phi) is 6.97. The van der Waals surface area contributed by atoms with Gasteiger partial charge in [-0.25, -0.2) is 4.39 Å². The molecular weight excluding hydrogens is 386 g/mol. The Morgan fingerprint density at radius 1 is 1.39 bits per heavy atom. The monoisotopic (exact) mass is 401 g/mol. The van der Waals surface area contributed by atoms with Crippen LogP contribution in [0.25, 0.3) is 0 Å². The molecular formula is C14H16BrF4NO3. The molecule has 0 aromatic heterocycles. The van der Waals surface area contributed by atoms with Gasteiger partial charge in [0.15, 0.2) is 0 Å². The van der Waals surface area contributed by atoms with Crippen LogP contribution in [-0.2, 0) is 15.1 Å². The lowest BCUT2D eigenvalue weighted by molar-refractivity contribution is -0.177.